The maximum Gasteiger partial charge on any atom is 0.298 e. The number of ether oxygens (including phenoxy) is 1. The Morgan fingerprint density at radius 1 is 1.06 bits per heavy atom. The minimum Gasteiger partial charge on any atom is -0.373 e. The normalized spacial score (nSPS) is 18.4. The van der Waals surface area contributed by atoms with Gasteiger partial charge >= 0.3 is 0 Å². The maximum atomic E-state index is 13.2. The zero-order chi connectivity index (χ0) is 24.1. The first kappa shape index (κ1) is 24.8. The molecule has 2 aliphatic heterocycles. The van der Waals surface area contributed by atoms with E-state index in [0.29, 0.717) is 26.2 Å². The van der Waals surface area contributed by atoms with Crippen LogP contribution in [0.4, 0.5) is 0 Å². The smallest absolute Gasteiger partial charge is 0.298 e. The van der Waals surface area contributed by atoms with E-state index in [2.05, 4.69) is 17.2 Å². The summed E-state index contributed by atoms with van der Waals surface area (Å²) in [7, 11) is 0. The lowest BCUT2D eigenvalue weighted by Crippen LogP contribution is -2.51. The van der Waals surface area contributed by atoms with Crippen LogP contribution < -0.4 is 5.32 Å². The Bertz CT molecular complexity index is 918. The number of carbonyl (C=O) groups excluding carboxylic acids is 3. The van der Waals surface area contributed by atoms with Crippen LogP contribution in [0.25, 0.3) is 0 Å². The molecule has 0 aliphatic carbocycles. The summed E-state index contributed by atoms with van der Waals surface area (Å²) in [5.74, 6) is 5.19. The molecule has 1 atom stereocenters. The van der Waals surface area contributed by atoms with E-state index in [1.165, 1.54) is 6.92 Å². The highest BCUT2D eigenvalue weighted by Gasteiger charge is 2.44. The number of amides is 3. The van der Waals surface area contributed by atoms with Crippen molar-refractivity contribution in [3.63, 3.8) is 0 Å². The second kappa shape index (κ2) is 10.4. The van der Waals surface area contributed by atoms with Gasteiger partial charge in [-0.15, -0.1) is 0 Å². The summed E-state index contributed by atoms with van der Waals surface area (Å²) in [5, 5.41) is 2.75. The van der Waals surface area contributed by atoms with E-state index < -0.39 is 11.6 Å². The Morgan fingerprint density at radius 3 is 2.24 bits per heavy atom. The fourth-order valence-electron chi connectivity index (χ4n) is 4.42. The quantitative estimate of drug-likeness (QED) is 0.709. The molecule has 1 unspecified atom stereocenters. The number of hydrogen-bond donors (Lipinski definition) is 1. The molecule has 2 heterocycles. The van der Waals surface area contributed by atoms with E-state index in [1.807, 2.05) is 60.9 Å². The van der Waals surface area contributed by atoms with Gasteiger partial charge in [-0.2, -0.15) is 0 Å². The molecule has 7 heteroatoms. The summed E-state index contributed by atoms with van der Waals surface area (Å²) in [6.45, 7) is 9.93. The van der Waals surface area contributed by atoms with Crippen LogP contribution in [0.2, 0.25) is 0 Å². The summed E-state index contributed by atoms with van der Waals surface area (Å²) in [4.78, 5) is 41.0. The zero-order valence-electron chi connectivity index (χ0n) is 20.1. The molecule has 0 aromatic heterocycles. The van der Waals surface area contributed by atoms with Gasteiger partial charge in [-0.25, -0.2) is 0 Å². The van der Waals surface area contributed by atoms with Gasteiger partial charge in [-0.3, -0.25) is 14.4 Å². The SMILES string of the molecule is CC(=O)NC(COC(C)(C)C)C(=O)N1CCC2(CCN(C(=O)C#Cc3ccccc3)CC2)C1. The minimum absolute atomic E-state index is 0.0188. The van der Waals surface area contributed by atoms with Gasteiger partial charge in [0, 0.05) is 44.6 Å². The van der Waals surface area contributed by atoms with Crippen LogP contribution in [0.1, 0.15) is 52.5 Å². The van der Waals surface area contributed by atoms with Gasteiger partial charge in [0.15, 0.2) is 0 Å². The fraction of sp³-hybridized carbons (Fsp3) is 0.577. The zero-order valence-corrected chi connectivity index (χ0v) is 20.1. The number of hydrogen-bond acceptors (Lipinski definition) is 4. The Labute approximate surface area is 196 Å². The molecule has 1 spiro atoms. The summed E-state index contributed by atoms with van der Waals surface area (Å²) in [5.41, 5.74) is 0.449. The van der Waals surface area contributed by atoms with Gasteiger partial charge in [-0.05, 0) is 57.6 Å². The van der Waals surface area contributed by atoms with Crippen molar-refractivity contribution in [1.82, 2.24) is 15.1 Å². The molecule has 1 aromatic rings. The molecule has 1 N–H and O–H groups in total. The highest BCUT2D eigenvalue weighted by molar-refractivity contribution is 5.94. The van der Waals surface area contributed by atoms with E-state index >= 15 is 0 Å². The van der Waals surface area contributed by atoms with Crippen LogP contribution in [0.3, 0.4) is 0 Å². The van der Waals surface area contributed by atoms with Crippen LogP contribution in [-0.4, -0.2) is 72.0 Å². The van der Waals surface area contributed by atoms with Crippen molar-refractivity contribution < 1.29 is 19.1 Å². The minimum atomic E-state index is -0.688. The van der Waals surface area contributed by atoms with Crippen LogP contribution in [0.5, 0.6) is 0 Å². The molecular weight excluding hydrogens is 418 g/mol. The van der Waals surface area contributed by atoms with E-state index in [-0.39, 0.29) is 29.7 Å². The van der Waals surface area contributed by atoms with Crippen LogP contribution in [-0.2, 0) is 19.1 Å². The third kappa shape index (κ3) is 7.06. The van der Waals surface area contributed by atoms with Gasteiger partial charge < -0.3 is 19.9 Å². The van der Waals surface area contributed by atoms with Crippen molar-refractivity contribution in [3.8, 4) is 11.8 Å². The number of nitrogens with zero attached hydrogens (tertiary/aromatic N) is 2. The lowest BCUT2D eigenvalue weighted by molar-refractivity contribution is -0.139. The summed E-state index contributed by atoms with van der Waals surface area (Å²) < 4.78 is 5.79. The van der Waals surface area contributed by atoms with Gasteiger partial charge in [0.1, 0.15) is 6.04 Å². The molecule has 0 bridgehead atoms. The molecular formula is C26H35N3O4. The molecule has 3 rings (SSSR count). The number of benzene rings is 1. The molecule has 2 aliphatic rings. The largest absolute Gasteiger partial charge is 0.373 e. The molecule has 178 valence electrons. The van der Waals surface area contributed by atoms with E-state index in [1.54, 1.807) is 0 Å². The number of nitrogens with one attached hydrogen (secondary N) is 1. The van der Waals surface area contributed by atoms with Crippen LogP contribution >= 0.6 is 0 Å². The van der Waals surface area contributed by atoms with Gasteiger partial charge in [-0.1, -0.05) is 24.1 Å². The van der Waals surface area contributed by atoms with Crippen molar-refractivity contribution in [2.75, 3.05) is 32.8 Å². The topological polar surface area (TPSA) is 79.0 Å². The number of likely N-dealkylation sites (tertiary alicyclic amines) is 2. The molecule has 0 saturated carbocycles. The first-order valence-corrected chi connectivity index (χ1v) is 11.6. The first-order valence-electron chi connectivity index (χ1n) is 11.6. The first-order chi connectivity index (χ1) is 15.6. The molecule has 33 heavy (non-hydrogen) atoms. The molecule has 2 fully saturated rings. The average molecular weight is 454 g/mol. The lowest BCUT2D eigenvalue weighted by Gasteiger charge is -2.38. The number of carbonyl (C=O) groups is 3. The second-order valence-corrected chi connectivity index (χ2v) is 10.1. The Morgan fingerprint density at radius 2 is 1.67 bits per heavy atom. The van der Waals surface area contributed by atoms with Gasteiger partial charge in [0.05, 0.1) is 12.2 Å². The summed E-state index contributed by atoms with van der Waals surface area (Å²) >= 11 is 0. The monoisotopic (exact) mass is 453 g/mol. The third-order valence-corrected chi connectivity index (χ3v) is 6.31. The van der Waals surface area contributed by atoms with Crippen molar-refractivity contribution in [2.24, 2.45) is 5.41 Å². The molecule has 0 radical (unpaired) electrons. The highest BCUT2D eigenvalue weighted by atomic mass is 16.5. The van der Waals surface area contributed by atoms with Crippen molar-refractivity contribution in [3.05, 3.63) is 35.9 Å². The third-order valence-electron chi connectivity index (χ3n) is 6.31. The van der Waals surface area contributed by atoms with Gasteiger partial charge in [0.25, 0.3) is 5.91 Å². The summed E-state index contributed by atoms with van der Waals surface area (Å²) in [6, 6.07) is 8.80. The molecule has 1 aromatic carbocycles. The number of rotatable bonds is 4. The predicted octanol–water partition coefficient (Wildman–Crippen LogP) is 2.20. The van der Waals surface area contributed by atoms with E-state index in [0.717, 1.165) is 24.8 Å². The van der Waals surface area contributed by atoms with Crippen LogP contribution in [0.15, 0.2) is 30.3 Å². The van der Waals surface area contributed by atoms with Crippen molar-refractivity contribution in [1.29, 1.82) is 0 Å². The molecule has 3 amide bonds. The molecule has 2 saturated heterocycles. The summed E-state index contributed by atoms with van der Waals surface area (Å²) in [6.07, 6.45) is 2.60. The van der Waals surface area contributed by atoms with Crippen molar-refractivity contribution >= 4 is 17.7 Å². The Balaban J connectivity index is 1.55. The standard InChI is InChI=1S/C26H35N3O4/c1-20(30)27-22(18-33-25(2,3)4)24(32)29-17-14-26(19-29)12-15-28(16-13-26)23(31)11-10-21-8-6-5-7-9-21/h5-9,22H,12-19H2,1-4H3,(H,27,30). The Hall–Kier alpha value is -2.85. The lowest BCUT2D eigenvalue weighted by atomic mass is 9.78. The highest BCUT2D eigenvalue weighted by Crippen LogP contribution is 2.40. The van der Waals surface area contributed by atoms with E-state index in [9.17, 15) is 14.4 Å². The van der Waals surface area contributed by atoms with E-state index in [4.69, 9.17) is 4.74 Å². The fourth-order valence-corrected chi connectivity index (χ4v) is 4.42. The van der Waals surface area contributed by atoms with Crippen molar-refractivity contribution in [2.45, 2.75) is 58.6 Å². The number of piperidine rings is 1. The van der Waals surface area contributed by atoms with Gasteiger partial charge in [0.2, 0.25) is 11.8 Å². The predicted molar refractivity (Wildman–Crippen MR) is 126 cm³/mol. The van der Waals surface area contributed by atoms with Crippen LogP contribution in [0, 0.1) is 17.3 Å². The second-order valence-electron chi connectivity index (χ2n) is 10.1. The maximum absolute atomic E-state index is 13.2. The Kier molecular flexibility index (Phi) is 7.80. The molecule has 7 nitrogen and oxygen atoms in total. The average Bonchev–Trinajstić information content (AvgIpc) is 3.18.